The van der Waals surface area contributed by atoms with Crippen LogP contribution < -0.4 is 14.2 Å². The molecule has 0 aliphatic rings. The van der Waals surface area contributed by atoms with E-state index >= 15 is 0 Å². The molecule has 0 amide bonds. The van der Waals surface area contributed by atoms with E-state index in [9.17, 15) is 56.2 Å². The van der Waals surface area contributed by atoms with Crippen molar-refractivity contribution in [3.05, 3.63) is 126 Å². The van der Waals surface area contributed by atoms with E-state index in [1.165, 1.54) is 0 Å². The number of esters is 2. The number of ether oxygens (including phenoxy) is 3. The summed E-state index contributed by atoms with van der Waals surface area (Å²) >= 11 is 0. The molecule has 17 heteroatoms. The van der Waals surface area contributed by atoms with Crippen molar-refractivity contribution in [2.75, 3.05) is 0 Å². The van der Waals surface area contributed by atoms with E-state index in [0.717, 1.165) is 50.2 Å². The fraction of sp³-hybridized carbons (Fsp3) is 0.133. The van der Waals surface area contributed by atoms with Gasteiger partial charge in [-0.15, -0.1) is 0 Å². The van der Waals surface area contributed by atoms with Crippen LogP contribution in [0.5, 0.6) is 23.0 Å². The Labute approximate surface area is 259 Å². The van der Waals surface area contributed by atoms with Crippen LogP contribution in [0, 0.1) is 69.0 Å². The number of carbonyl (C=O) groups excluding carboxylic acids is 2. The van der Waals surface area contributed by atoms with Crippen LogP contribution in [-0.4, -0.2) is 21.8 Å². The van der Waals surface area contributed by atoms with Crippen molar-refractivity contribution < 1.29 is 60.0 Å². The highest BCUT2D eigenvalue weighted by atomic mass is 19.2. The van der Waals surface area contributed by atoms with Gasteiger partial charge in [0.1, 0.15) is 23.1 Å². The standard InChI is InChI=1S/C30H18F6N2O9/c1-13-7-19(31)17(29(35)27(13)33)11-25(39)46-23-9-15(3-5-21(23)37(41)42)45-16-4-6-22(38(43)44)24(10-16)47-26(40)12-18-20(32)8-14(2)28(34)30(18)36/h3-10H,11-12H2,1-2H3. The highest BCUT2D eigenvalue weighted by Gasteiger charge is 2.26. The lowest BCUT2D eigenvalue weighted by Crippen LogP contribution is -2.15. The Morgan fingerprint density at radius 3 is 1.32 bits per heavy atom. The molecular formula is C30H18F6N2O9. The van der Waals surface area contributed by atoms with Crippen molar-refractivity contribution in [2.45, 2.75) is 26.7 Å². The van der Waals surface area contributed by atoms with Gasteiger partial charge in [-0.3, -0.25) is 29.8 Å². The first-order valence-corrected chi connectivity index (χ1v) is 13.0. The smallest absolute Gasteiger partial charge is 0.316 e. The molecule has 4 aromatic carbocycles. The average Bonchev–Trinajstić information content (AvgIpc) is 2.99. The molecule has 0 N–H and O–H groups in total. The number of halogens is 6. The van der Waals surface area contributed by atoms with E-state index < -0.39 is 104 Å². The van der Waals surface area contributed by atoms with Crippen molar-refractivity contribution in [3.8, 4) is 23.0 Å². The molecule has 0 aliphatic carbocycles. The first-order chi connectivity index (χ1) is 22.1. The van der Waals surface area contributed by atoms with Crippen LogP contribution in [0.15, 0.2) is 48.5 Å². The Balaban J connectivity index is 1.58. The Morgan fingerprint density at radius 1 is 0.617 bits per heavy atom. The van der Waals surface area contributed by atoms with Gasteiger partial charge >= 0.3 is 23.3 Å². The van der Waals surface area contributed by atoms with Crippen LogP contribution in [0.2, 0.25) is 0 Å². The molecule has 47 heavy (non-hydrogen) atoms. The van der Waals surface area contributed by atoms with Crippen molar-refractivity contribution >= 4 is 23.3 Å². The Morgan fingerprint density at radius 2 is 0.979 bits per heavy atom. The molecule has 0 aliphatic heterocycles. The first-order valence-electron chi connectivity index (χ1n) is 13.0. The number of benzene rings is 4. The monoisotopic (exact) mass is 664 g/mol. The van der Waals surface area contributed by atoms with E-state index in [1.54, 1.807) is 0 Å². The summed E-state index contributed by atoms with van der Waals surface area (Å²) in [7, 11) is 0. The van der Waals surface area contributed by atoms with Gasteiger partial charge in [-0.25, -0.2) is 26.3 Å². The maximum Gasteiger partial charge on any atom is 0.316 e. The Bertz CT molecular complexity index is 1830. The van der Waals surface area contributed by atoms with E-state index in [2.05, 4.69) is 0 Å². The number of nitrogens with zero attached hydrogens (tertiary/aromatic N) is 2. The third-order valence-electron chi connectivity index (χ3n) is 6.45. The largest absolute Gasteiger partial charge is 0.457 e. The summed E-state index contributed by atoms with van der Waals surface area (Å²) in [6, 6.07) is 6.57. The molecule has 4 rings (SSSR count). The fourth-order valence-corrected chi connectivity index (χ4v) is 4.15. The molecule has 0 unspecified atom stereocenters. The van der Waals surface area contributed by atoms with Gasteiger partial charge in [0, 0.05) is 35.4 Å². The predicted molar refractivity (Wildman–Crippen MR) is 147 cm³/mol. The average molecular weight is 664 g/mol. The zero-order valence-electron chi connectivity index (χ0n) is 23.9. The summed E-state index contributed by atoms with van der Waals surface area (Å²) < 4.78 is 100. The van der Waals surface area contributed by atoms with Crippen LogP contribution in [0.4, 0.5) is 37.7 Å². The highest BCUT2D eigenvalue weighted by molar-refractivity contribution is 5.78. The summed E-state index contributed by atoms with van der Waals surface area (Å²) in [6.07, 6.45) is -2.31. The molecule has 11 nitrogen and oxygen atoms in total. The topological polar surface area (TPSA) is 148 Å². The normalized spacial score (nSPS) is 10.8. The predicted octanol–water partition coefficient (Wildman–Crippen LogP) is 7.04. The minimum absolute atomic E-state index is 0.303. The Kier molecular flexibility index (Phi) is 9.77. The lowest BCUT2D eigenvalue weighted by molar-refractivity contribution is -0.385. The fourth-order valence-electron chi connectivity index (χ4n) is 4.15. The first kappa shape index (κ1) is 33.9. The number of nitro benzene ring substituents is 2. The molecule has 0 saturated carbocycles. The molecule has 0 saturated heterocycles. The number of rotatable bonds is 10. The summed E-state index contributed by atoms with van der Waals surface area (Å²) in [4.78, 5) is 46.0. The van der Waals surface area contributed by atoms with Crippen LogP contribution in [-0.2, 0) is 22.4 Å². The van der Waals surface area contributed by atoms with E-state index in [0.29, 0.717) is 12.1 Å². The van der Waals surface area contributed by atoms with E-state index in [1.807, 2.05) is 0 Å². The molecule has 0 radical (unpaired) electrons. The number of aryl methyl sites for hydroxylation is 2. The van der Waals surface area contributed by atoms with Crippen LogP contribution in [0.25, 0.3) is 0 Å². The molecule has 0 aromatic heterocycles. The second-order valence-electron chi connectivity index (χ2n) is 9.74. The lowest BCUT2D eigenvalue weighted by Gasteiger charge is -2.12. The van der Waals surface area contributed by atoms with Gasteiger partial charge in [0.2, 0.25) is 11.5 Å². The summed E-state index contributed by atoms with van der Waals surface area (Å²) in [5.74, 6) is -13.6. The van der Waals surface area contributed by atoms with Crippen molar-refractivity contribution in [1.29, 1.82) is 0 Å². The molecule has 4 aromatic rings. The minimum Gasteiger partial charge on any atom is -0.457 e. The van der Waals surface area contributed by atoms with Crippen LogP contribution >= 0.6 is 0 Å². The number of hydrogen-bond acceptors (Lipinski definition) is 9. The number of carbonyl (C=O) groups is 2. The molecule has 0 spiro atoms. The van der Waals surface area contributed by atoms with Crippen molar-refractivity contribution in [3.63, 3.8) is 0 Å². The van der Waals surface area contributed by atoms with Gasteiger partial charge in [-0.2, -0.15) is 0 Å². The molecule has 244 valence electrons. The van der Waals surface area contributed by atoms with Gasteiger partial charge in [0.25, 0.3) is 0 Å². The minimum atomic E-state index is -1.65. The summed E-state index contributed by atoms with van der Waals surface area (Å²) in [5, 5.41) is 23.0. The quantitative estimate of drug-likeness (QED) is 0.0435. The number of hydrogen-bond donors (Lipinski definition) is 0. The zero-order valence-corrected chi connectivity index (χ0v) is 23.9. The van der Waals surface area contributed by atoms with E-state index in [-0.39, 0.29) is 22.6 Å². The third kappa shape index (κ3) is 7.46. The summed E-state index contributed by atoms with van der Waals surface area (Å²) in [5.41, 5.74) is -4.31. The van der Waals surface area contributed by atoms with Crippen molar-refractivity contribution in [2.24, 2.45) is 0 Å². The lowest BCUT2D eigenvalue weighted by atomic mass is 10.1. The van der Waals surface area contributed by atoms with E-state index in [4.69, 9.17) is 14.2 Å². The van der Waals surface area contributed by atoms with Gasteiger partial charge in [0.15, 0.2) is 23.3 Å². The third-order valence-corrected chi connectivity index (χ3v) is 6.45. The maximum atomic E-state index is 14.2. The van der Waals surface area contributed by atoms with Crippen LogP contribution in [0.1, 0.15) is 22.3 Å². The molecule has 0 fully saturated rings. The van der Waals surface area contributed by atoms with Gasteiger partial charge < -0.3 is 14.2 Å². The van der Waals surface area contributed by atoms with Crippen LogP contribution in [0.3, 0.4) is 0 Å². The zero-order chi connectivity index (χ0) is 34.7. The van der Waals surface area contributed by atoms with Gasteiger partial charge in [-0.05, 0) is 49.2 Å². The van der Waals surface area contributed by atoms with Crippen molar-refractivity contribution in [1.82, 2.24) is 0 Å². The Hall–Kier alpha value is -6.00. The highest BCUT2D eigenvalue weighted by Crippen LogP contribution is 2.37. The van der Waals surface area contributed by atoms with Gasteiger partial charge in [-0.1, -0.05) is 0 Å². The maximum absolute atomic E-state index is 14.2. The van der Waals surface area contributed by atoms with Gasteiger partial charge in [0.05, 0.1) is 22.7 Å². The molecule has 0 atom stereocenters. The second-order valence-corrected chi connectivity index (χ2v) is 9.74. The number of nitro groups is 2. The molecule has 0 bridgehead atoms. The summed E-state index contributed by atoms with van der Waals surface area (Å²) in [6.45, 7) is 2.18. The SMILES string of the molecule is Cc1cc(F)c(CC(=O)Oc2cc(Oc3ccc([N+](=O)[O-])c(OC(=O)Cc4c(F)cc(C)c(F)c4F)c3)ccc2[N+](=O)[O-])c(F)c1F. The second kappa shape index (κ2) is 13.6. The molecule has 0 heterocycles. The molecular weight excluding hydrogens is 646 g/mol.